The van der Waals surface area contributed by atoms with Gasteiger partial charge in [0.15, 0.2) is 5.65 Å². The molecular weight excluding hydrogens is 242 g/mol. The van der Waals surface area contributed by atoms with Gasteiger partial charge in [-0.25, -0.2) is 14.8 Å². The van der Waals surface area contributed by atoms with Crippen LogP contribution in [0.25, 0.3) is 11.0 Å². The number of hydrogen-bond donors (Lipinski definition) is 1. The minimum atomic E-state index is -0.526. The van der Waals surface area contributed by atoms with E-state index in [0.29, 0.717) is 11.3 Å². The molecule has 100 valence electrons. The molecule has 0 aromatic carbocycles. The molecule has 0 atom stereocenters. The molecule has 1 amide bonds. The van der Waals surface area contributed by atoms with Crippen molar-refractivity contribution >= 4 is 22.8 Å². The maximum absolute atomic E-state index is 11.8. The third-order valence-corrected chi connectivity index (χ3v) is 2.38. The Balaban J connectivity index is 2.28. The molecule has 0 saturated carbocycles. The first-order valence-electron chi connectivity index (χ1n) is 6.07. The van der Waals surface area contributed by atoms with Crippen LogP contribution in [-0.2, 0) is 4.74 Å². The van der Waals surface area contributed by atoms with E-state index in [9.17, 15) is 4.79 Å². The summed E-state index contributed by atoms with van der Waals surface area (Å²) in [5.74, 6) is 0. The molecule has 0 saturated heterocycles. The van der Waals surface area contributed by atoms with E-state index in [4.69, 9.17) is 4.74 Å². The average Bonchev–Trinajstić information content (AvgIpc) is 2.26. The zero-order valence-electron chi connectivity index (χ0n) is 11.5. The number of aryl methyl sites for hydroxylation is 1. The normalized spacial score (nSPS) is 11.4. The lowest BCUT2D eigenvalue weighted by atomic mass is 10.2. The van der Waals surface area contributed by atoms with E-state index in [1.54, 1.807) is 12.3 Å². The van der Waals surface area contributed by atoms with Gasteiger partial charge in [-0.2, -0.15) is 0 Å². The predicted octanol–water partition coefficient (Wildman–Crippen LogP) is 3.29. The van der Waals surface area contributed by atoms with Crippen LogP contribution in [0.3, 0.4) is 0 Å². The van der Waals surface area contributed by atoms with Gasteiger partial charge < -0.3 is 4.74 Å². The molecule has 0 unspecified atom stereocenters. The number of fused-ring (bicyclic) bond motifs is 1. The van der Waals surface area contributed by atoms with Crippen LogP contribution in [0.2, 0.25) is 0 Å². The number of anilines is 1. The molecule has 1 N–H and O–H groups in total. The van der Waals surface area contributed by atoms with Gasteiger partial charge in [0, 0.05) is 17.3 Å². The number of pyridine rings is 2. The molecule has 0 radical (unpaired) electrons. The number of nitrogens with one attached hydrogen (secondary N) is 1. The quantitative estimate of drug-likeness (QED) is 0.853. The first kappa shape index (κ1) is 13.3. The monoisotopic (exact) mass is 259 g/mol. The van der Waals surface area contributed by atoms with E-state index in [1.165, 1.54) is 0 Å². The van der Waals surface area contributed by atoms with Gasteiger partial charge in [-0.15, -0.1) is 0 Å². The average molecular weight is 259 g/mol. The van der Waals surface area contributed by atoms with E-state index >= 15 is 0 Å². The third-order valence-electron chi connectivity index (χ3n) is 2.38. The van der Waals surface area contributed by atoms with Gasteiger partial charge in [0.05, 0.1) is 5.69 Å². The second kappa shape index (κ2) is 4.84. The molecular formula is C14H17N3O2. The topological polar surface area (TPSA) is 64.1 Å². The summed E-state index contributed by atoms with van der Waals surface area (Å²) < 4.78 is 5.22. The first-order chi connectivity index (χ1) is 8.85. The van der Waals surface area contributed by atoms with Crippen molar-refractivity contribution in [3.05, 3.63) is 30.1 Å². The van der Waals surface area contributed by atoms with Gasteiger partial charge in [0.25, 0.3) is 0 Å². The summed E-state index contributed by atoms with van der Waals surface area (Å²) in [5.41, 5.74) is 1.61. The minimum Gasteiger partial charge on any atom is -0.444 e. The van der Waals surface area contributed by atoms with Crippen LogP contribution >= 0.6 is 0 Å². The number of carbonyl (C=O) groups excluding carboxylic acids is 1. The van der Waals surface area contributed by atoms with Crippen LogP contribution in [-0.4, -0.2) is 21.7 Å². The molecule has 0 bridgehead atoms. The van der Waals surface area contributed by atoms with Crippen molar-refractivity contribution in [2.45, 2.75) is 33.3 Å². The number of nitrogens with zero attached hydrogens (tertiary/aromatic N) is 2. The van der Waals surface area contributed by atoms with E-state index in [-0.39, 0.29) is 0 Å². The molecule has 19 heavy (non-hydrogen) atoms. The van der Waals surface area contributed by atoms with Crippen LogP contribution in [0.1, 0.15) is 26.5 Å². The van der Waals surface area contributed by atoms with Crippen LogP contribution in [0.4, 0.5) is 10.5 Å². The van der Waals surface area contributed by atoms with Crippen molar-refractivity contribution < 1.29 is 9.53 Å². The SMILES string of the molecule is Cc1ccc2c(NC(=O)OC(C)(C)C)ccnc2n1. The number of rotatable bonds is 1. The Bertz CT molecular complexity index is 618. The van der Waals surface area contributed by atoms with Crippen LogP contribution in [0.5, 0.6) is 0 Å². The molecule has 0 aliphatic carbocycles. The standard InChI is InChI=1S/C14H17N3O2/c1-9-5-6-10-11(7-8-15-12(10)16-9)17-13(18)19-14(2,3)4/h5-8H,1-4H3,(H,15,16,17,18). The fourth-order valence-corrected chi connectivity index (χ4v) is 1.65. The summed E-state index contributed by atoms with van der Waals surface area (Å²) in [6.45, 7) is 7.36. The number of hydrogen-bond acceptors (Lipinski definition) is 4. The summed E-state index contributed by atoms with van der Waals surface area (Å²) in [6.07, 6.45) is 1.13. The molecule has 2 heterocycles. The Labute approximate surface area is 112 Å². The van der Waals surface area contributed by atoms with Crippen molar-refractivity contribution in [1.29, 1.82) is 0 Å². The Morgan fingerprint density at radius 1 is 1.26 bits per heavy atom. The van der Waals surface area contributed by atoms with Crippen molar-refractivity contribution in [2.75, 3.05) is 5.32 Å². The van der Waals surface area contributed by atoms with E-state index in [2.05, 4.69) is 15.3 Å². The predicted molar refractivity (Wildman–Crippen MR) is 74.1 cm³/mol. The highest BCUT2D eigenvalue weighted by molar-refractivity contribution is 5.97. The van der Waals surface area contributed by atoms with Crippen LogP contribution < -0.4 is 5.32 Å². The first-order valence-corrected chi connectivity index (χ1v) is 6.07. The highest BCUT2D eigenvalue weighted by atomic mass is 16.6. The number of amides is 1. The number of aromatic nitrogens is 2. The van der Waals surface area contributed by atoms with Crippen LogP contribution in [0, 0.1) is 6.92 Å². The Morgan fingerprint density at radius 3 is 2.68 bits per heavy atom. The van der Waals surface area contributed by atoms with Crippen LogP contribution in [0.15, 0.2) is 24.4 Å². The van der Waals surface area contributed by atoms with Crippen molar-refractivity contribution in [2.24, 2.45) is 0 Å². The molecule has 5 nitrogen and oxygen atoms in total. The van der Waals surface area contributed by atoms with E-state index < -0.39 is 11.7 Å². The highest BCUT2D eigenvalue weighted by Gasteiger charge is 2.17. The minimum absolute atomic E-state index is 0.486. The molecule has 0 spiro atoms. The van der Waals surface area contributed by atoms with Gasteiger partial charge in [-0.05, 0) is 45.9 Å². The lowest BCUT2D eigenvalue weighted by Crippen LogP contribution is -2.27. The summed E-state index contributed by atoms with van der Waals surface area (Å²) in [7, 11) is 0. The Morgan fingerprint density at radius 2 is 2.00 bits per heavy atom. The molecule has 0 aliphatic heterocycles. The van der Waals surface area contributed by atoms with Gasteiger partial charge in [0.1, 0.15) is 5.60 Å². The molecule has 2 aromatic rings. The fourth-order valence-electron chi connectivity index (χ4n) is 1.65. The Kier molecular flexibility index (Phi) is 3.38. The Hall–Kier alpha value is -2.17. The maximum Gasteiger partial charge on any atom is 0.412 e. The summed E-state index contributed by atoms with van der Waals surface area (Å²) in [6, 6.07) is 5.49. The van der Waals surface area contributed by atoms with Crippen molar-refractivity contribution in [3.63, 3.8) is 0 Å². The zero-order valence-corrected chi connectivity index (χ0v) is 11.5. The number of carbonyl (C=O) groups is 1. The van der Waals surface area contributed by atoms with Crippen molar-refractivity contribution in [1.82, 2.24) is 9.97 Å². The molecule has 5 heteroatoms. The van der Waals surface area contributed by atoms with Gasteiger partial charge in [-0.1, -0.05) is 0 Å². The number of ether oxygens (including phenoxy) is 1. The summed E-state index contributed by atoms with van der Waals surface area (Å²) in [4.78, 5) is 20.3. The fraction of sp³-hybridized carbons (Fsp3) is 0.357. The van der Waals surface area contributed by atoms with E-state index in [1.807, 2.05) is 39.8 Å². The van der Waals surface area contributed by atoms with Gasteiger partial charge in [0.2, 0.25) is 0 Å². The summed E-state index contributed by atoms with van der Waals surface area (Å²) in [5, 5.41) is 3.51. The van der Waals surface area contributed by atoms with Crippen molar-refractivity contribution in [3.8, 4) is 0 Å². The second-order valence-electron chi connectivity index (χ2n) is 5.31. The molecule has 0 fully saturated rings. The zero-order chi connectivity index (χ0) is 14.0. The highest BCUT2D eigenvalue weighted by Crippen LogP contribution is 2.21. The third kappa shape index (κ3) is 3.40. The lowest BCUT2D eigenvalue weighted by molar-refractivity contribution is 0.0636. The largest absolute Gasteiger partial charge is 0.444 e. The second-order valence-corrected chi connectivity index (χ2v) is 5.31. The molecule has 2 rings (SSSR count). The van der Waals surface area contributed by atoms with Gasteiger partial charge >= 0.3 is 6.09 Å². The molecule has 0 aliphatic rings. The molecule has 2 aromatic heterocycles. The maximum atomic E-state index is 11.8. The lowest BCUT2D eigenvalue weighted by Gasteiger charge is -2.20. The van der Waals surface area contributed by atoms with E-state index in [0.717, 1.165) is 11.1 Å². The summed E-state index contributed by atoms with van der Waals surface area (Å²) >= 11 is 0. The smallest absolute Gasteiger partial charge is 0.412 e. The van der Waals surface area contributed by atoms with Gasteiger partial charge in [-0.3, -0.25) is 5.32 Å².